The molecule has 0 atom stereocenters. The molecule has 1 aliphatic heterocycles. The molecular weight excluding hydrogens is 412 g/mol. The van der Waals surface area contributed by atoms with Gasteiger partial charge >= 0.3 is 0 Å². The van der Waals surface area contributed by atoms with Gasteiger partial charge in [-0.15, -0.1) is 0 Å². The molecule has 0 bridgehead atoms. The molecule has 7 nitrogen and oxygen atoms in total. The maximum atomic E-state index is 12.2. The minimum Gasteiger partial charge on any atom is -0.352 e. The Bertz CT molecular complexity index is 925. The third-order valence-corrected chi connectivity index (χ3v) is 7.03. The number of carbonyl (C=O) groups is 1. The first-order chi connectivity index (χ1) is 15.0. The Morgan fingerprint density at radius 1 is 0.903 bits per heavy atom. The summed E-state index contributed by atoms with van der Waals surface area (Å²) in [4.78, 5) is 17.4. The van der Waals surface area contributed by atoms with E-state index in [9.17, 15) is 13.2 Å². The van der Waals surface area contributed by atoms with E-state index >= 15 is 0 Å². The zero-order valence-corrected chi connectivity index (χ0v) is 18.9. The zero-order valence-electron chi connectivity index (χ0n) is 18.1. The second kappa shape index (κ2) is 11.4. The van der Waals surface area contributed by atoms with Crippen molar-refractivity contribution in [3.05, 3.63) is 65.7 Å². The van der Waals surface area contributed by atoms with Crippen molar-refractivity contribution in [2.75, 3.05) is 46.3 Å². The Morgan fingerprint density at radius 2 is 1.55 bits per heavy atom. The molecule has 1 fully saturated rings. The molecule has 2 N–H and O–H groups in total. The van der Waals surface area contributed by atoms with Crippen molar-refractivity contribution in [3.63, 3.8) is 0 Å². The lowest BCUT2D eigenvalue weighted by atomic mass is 10.2. The molecule has 0 radical (unpaired) electrons. The summed E-state index contributed by atoms with van der Waals surface area (Å²) < 4.78 is 25.7. The number of nitrogens with zero attached hydrogens (tertiary/aromatic N) is 2. The van der Waals surface area contributed by atoms with Gasteiger partial charge in [0.25, 0.3) is 5.91 Å². The van der Waals surface area contributed by atoms with Crippen molar-refractivity contribution >= 4 is 15.9 Å². The molecule has 1 aliphatic rings. The topological polar surface area (TPSA) is 81.7 Å². The summed E-state index contributed by atoms with van der Waals surface area (Å²) in [5.74, 6) is -0.178. The average Bonchev–Trinajstić information content (AvgIpc) is 2.80. The molecular formula is C23H32N4O3S. The van der Waals surface area contributed by atoms with Crippen LogP contribution in [0.25, 0.3) is 0 Å². The fraction of sp³-hybridized carbons (Fsp3) is 0.435. The summed E-state index contributed by atoms with van der Waals surface area (Å²) in [5, 5.41) is 2.91. The van der Waals surface area contributed by atoms with E-state index < -0.39 is 10.0 Å². The Labute approximate surface area is 185 Å². The molecule has 2 aromatic carbocycles. The van der Waals surface area contributed by atoms with Crippen LogP contribution in [-0.4, -0.2) is 70.4 Å². The number of rotatable bonds is 10. The average molecular weight is 445 g/mol. The van der Waals surface area contributed by atoms with E-state index in [-0.39, 0.29) is 10.8 Å². The molecule has 0 unspecified atom stereocenters. The highest BCUT2D eigenvalue weighted by Crippen LogP contribution is 2.11. The summed E-state index contributed by atoms with van der Waals surface area (Å²) in [7, 11) is -2.12. The highest BCUT2D eigenvalue weighted by atomic mass is 32.2. The normalized spacial score (nSPS) is 15.6. The van der Waals surface area contributed by atoms with Crippen molar-refractivity contribution < 1.29 is 13.2 Å². The third kappa shape index (κ3) is 7.14. The Balaban J connectivity index is 1.30. The number of unbranched alkanes of at least 4 members (excludes halogenated alkanes) is 1. The molecule has 1 amide bonds. The maximum Gasteiger partial charge on any atom is 0.251 e. The number of hydrogen-bond donors (Lipinski definition) is 2. The van der Waals surface area contributed by atoms with Crippen LogP contribution < -0.4 is 10.0 Å². The molecule has 3 rings (SSSR count). The predicted molar refractivity (Wildman–Crippen MR) is 122 cm³/mol. The number of hydrogen-bond acceptors (Lipinski definition) is 5. The molecule has 0 spiro atoms. The van der Waals surface area contributed by atoms with Gasteiger partial charge < -0.3 is 10.2 Å². The fourth-order valence-corrected chi connectivity index (χ4v) is 4.41. The molecule has 31 heavy (non-hydrogen) atoms. The number of amides is 1. The van der Waals surface area contributed by atoms with Crippen LogP contribution in [0.1, 0.15) is 28.8 Å². The van der Waals surface area contributed by atoms with E-state index in [0.717, 1.165) is 52.1 Å². The van der Waals surface area contributed by atoms with Gasteiger partial charge in [0.2, 0.25) is 10.0 Å². The highest BCUT2D eigenvalue weighted by Gasteiger charge is 2.16. The Morgan fingerprint density at radius 3 is 2.19 bits per heavy atom. The standard InChI is InChI=1S/C23H32N4O3S/c1-24-31(29,30)22-11-9-21(10-12-22)23(28)25-13-5-6-14-26-15-17-27(18-16-26)19-20-7-3-2-4-8-20/h2-4,7-12,24H,5-6,13-19H2,1H3,(H,25,28). The Kier molecular flexibility index (Phi) is 8.60. The zero-order chi connectivity index (χ0) is 22.1. The monoisotopic (exact) mass is 444 g/mol. The lowest BCUT2D eigenvalue weighted by Crippen LogP contribution is -2.46. The highest BCUT2D eigenvalue weighted by molar-refractivity contribution is 7.89. The van der Waals surface area contributed by atoms with Crippen LogP contribution in [0.5, 0.6) is 0 Å². The van der Waals surface area contributed by atoms with Gasteiger partial charge in [-0.3, -0.25) is 9.69 Å². The van der Waals surface area contributed by atoms with Crippen LogP contribution in [0, 0.1) is 0 Å². The van der Waals surface area contributed by atoms with Gasteiger partial charge in [-0.05, 0) is 56.3 Å². The summed E-state index contributed by atoms with van der Waals surface area (Å²) in [6, 6.07) is 16.6. The number of sulfonamides is 1. The van der Waals surface area contributed by atoms with E-state index in [2.05, 4.69) is 50.2 Å². The van der Waals surface area contributed by atoms with Crippen molar-refractivity contribution in [1.29, 1.82) is 0 Å². The summed E-state index contributed by atoms with van der Waals surface area (Å²) in [6.45, 7) is 7.02. The van der Waals surface area contributed by atoms with Gasteiger partial charge in [-0.2, -0.15) is 0 Å². The largest absolute Gasteiger partial charge is 0.352 e. The maximum absolute atomic E-state index is 12.2. The van der Waals surface area contributed by atoms with Crippen molar-refractivity contribution in [2.24, 2.45) is 0 Å². The van der Waals surface area contributed by atoms with Crippen molar-refractivity contribution in [1.82, 2.24) is 19.8 Å². The van der Waals surface area contributed by atoms with E-state index in [0.29, 0.717) is 12.1 Å². The summed E-state index contributed by atoms with van der Waals surface area (Å²) in [6.07, 6.45) is 1.96. The molecule has 0 saturated carbocycles. The predicted octanol–water partition coefficient (Wildman–Crippen LogP) is 1.92. The molecule has 8 heteroatoms. The SMILES string of the molecule is CNS(=O)(=O)c1ccc(C(=O)NCCCCN2CCN(Cc3ccccc3)CC2)cc1. The Hall–Kier alpha value is -2.26. The van der Waals surface area contributed by atoms with Gasteiger partial charge in [-0.1, -0.05) is 30.3 Å². The smallest absolute Gasteiger partial charge is 0.251 e. The number of benzene rings is 2. The first kappa shape index (κ1) is 23.4. The lowest BCUT2D eigenvalue weighted by Gasteiger charge is -2.34. The summed E-state index contributed by atoms with van der Waals surface area (Å²) in [5.41, 5.74) is 1.83. The van der Waals surface area contributed by atoms with Gasteiger partial charge in [0.15, 0.2) is 0 Å². The van der Waals surface area contributed by atoms with Crippen molar-refractivity contribution in [3.8, 4) is 0 Å². The van der Waals surface area contributed by atoms with E-state index in [1.165, 1.54) is 36.9 Å². The molecule has 168 valence electrons. The van der Waals surface area contributed by atoms with Gasteiger partial charge in [-0.25, -0.2) is 13.1 Å². The van der Waals surface area contributed by atoms with Crippen LogP contribution >= 0.6 is 0 Å². The molecule has 2 aromatic rings. The molecule has 1 saturated heterocycles. The number of nitrogens with one attached hydrogen (secondary N) is 2. The third-order valence-electron chi connectivity index (χ3n) is 5.60. The molecule has 1 heterocycles. The number of carbonyl (C=O) groups excluding carboxylic acids is 1. The van der Waals surface area contributed by atoms with Gasteiger partial charge in [0, 0.05) is 44.8 Å². The van der Waals surface area contributed by atoms with Crippen LogP contribution in [0.4, 0.5) is 0 Å². The molecule has 0 aromatic heterocycles. The first-order valence-electron chi connectivity index (χ1n) is 10.8. The minimum atomic E-state index is -3.48. The van der Waals surface area contributed by atoms with Gasteiger partial charge in [0.05, 0.1) is 4.90 Å². The van der Waals surface area contributed by atoms with E-state index in [4.69, 9.17) is 0 Å². The van der Waals surface area contributed by atoms with Crippen molar-refractivity contribution in [2.45, 2.75) is 24.3 Å². The van der Waals surface area contributed by atoms with E-state index in [1.807, 2.05) is 0 Å². The van der Waals surface area contributed by atoms with Crippen LogP contribution in [0.2, 0.25) is 0 Å². The van der Waals surface area contributed by atoms with E-state index in [1.54, 1.807) is 0 Å². The quantitative estimate of drug-likeness (QED) is 0.547. The van der Waals surface area contributed by atoms with Crippen LogP contribution in [0.15, 0.2) is 59.5 Å². The number of piperazine rings is 1. The second-order valence-corrected chi connectivity index (χ2v) is 9.68. The lowest BCUT2D eigenvalue weighted by molar-refractivity contribution is 0.0951. The van der Waals surface area contributed by atoms with Crippen LogP contribution in [0.3, 0.4) is 0 Å². The minimum absolute atomic E-state index is 0.149. The fourth-order valence-electron chi connectivity index (χ4n) is 3.68. The molecule has 0 aliphatic carbocycles. The van der Waals surface area contributed by atoms with Crippen LogP contribution in [-0.2, 0) is 16.6 Å². The first-order valence-corrected chi connectivity index (χ1v) is 12.3. The van der Waals surface area contributed by atoms with Gasteiger partial charge in [0.1, 0.15) is 0 Å². The second-order valence-electron chi connectivity index (χ2n) is 7.80. The summed E-state index contributed by atoms with van der Waals surface area (Å²) >= 11 is 0.